The number of imidazole rings is 1. The summed E-state index contributed by atoms with van der Waals surface area (Å²) in [7, 11) is 9.12. The fourth-order valence-corrected chi connectivity index (χ4v) is 4.48. The molecule has 1 aliphatic heterocycles. The van der Waals surface area contributed by atoms with Crippen molar-refractivity contribution >= 4 is 50.5 Å². The summed E-state index contributed by atoms with van der Waals surface area (Å²) < 4.78 is 8.06. The van der Waals surface area contributed by atoms with Crippen LogP contribution >= 0.6 is 44.9 Å². The van der Waals surface area contributed by atoms with E-state index in [1.807, 2.05) is 36.5 Å². The Morgan fingerprint density at radius 2 is 2.11 bits per heavy atom. The number of hydrogen-bond donors (Lipinski definition) is 0. The highest BCUT2D eigenvalue weighted by atomic mass is 35.7. The van der Waals surface area contributed by atoms with Crippen LogP contribution in [-0.4, -0.2) is 47.1 Å². The van der Waals surface area contributed by atoms with Crippen LogP contribution in [0.15, 0.2) is 41.4 Å². The number of benzene rings is 1. The molecule has 0 N–H and O–H groups in total. The maximum Gasteiger partial charge on any atom is 0.139 e. The van der Waals surface area contributed by atoms with Gasteiger partial charge < -0.3 is 14.0 Å². The van der Waals surface area contributed by atoms with Gasteiger partial charge in [-0.25, -0.2) is 4.98 Å². The average molecular weight is 443 g/mol. The summed E-state index contributed by atoms with van der Waals surface area (Å²) >= 11 is 12.7. The van der Waals surface area contributed by atoms with Crippen molar-refractivity contribution in [2.75, 3.05) is 26.7 Å². The van der Waals surface area contributed by atoms with Gasteiger partial charge in [-0.1, -0.05) is 29.3 Å². The largest absolute Gasteiger partial charge is 0.375 e. The molecule has 1 fully saturated rings. The summed E-state index contributed by atoms with van der Waals surface area (Å²) in [6, 6.07) is 9.50. The van der Waals surface area contributed by atoms with Gasteiger partial charge in [-0.2, -0.15) is 0 Å². The van der Waals surface area contributed by atoms with Gasteiger partial charge in [0.05, 0.1) is 29.1 Å². The van der Waals surface area contributed by atoms with Gasteiger partial charge in [-0.3, -0.25) is 0 Å². The molecule has 1 aliphatic rings. The first-order chi connectivity index (χ1) is 13.0. The number of fused-ring (bicyclic) bond motifs is 1. The van der Waals surface area contributed by atoms with Crippen LogP contribution in [0, 0.1) is 0 Å². The van der Waals surface area contributed by atoms with Crippen molar-refractivity contribution in [3.05, 3.63) is 52.3 Å². The second kappa shape index (κ2) is 8.19. The Morgan fingerprint density at radius 3 is 2.85 bits per heavy atom. The highest BCUT2D eigenvalue weighted by Crippen LogP contribution is 2.35. The van der Waals surface area contributed by atoms with Gasteiger partial charge in [0, 0.05) is 47.3 Å². The van der Waals surface area contributed by atoms with Crippen molar-refractivity contribution in [3.8, 4) is 11.3 Å². The Kier molecular flexibility index (Phi) is 5.88. The fraction of sp³-hybridized carbons (Fsp3) is 0.316. The van der Waals surface area contributed by atoms with E-state index in [1.54, 1.807) is 0 Å². The second-order valence-corrected chi connectivity index (χ2v) is 8.59. The van der Waals surface area contributed by atoms with Gasteiger partial charge in [0.25, 0.3) is 0 Å². The molecule has 0 aliphatic carbocycles. The molecular formula is C19H18Cl3N3OS. The lowest BCUT2D eigenvalue weighted by atomic mass is 10.1. The van der Waals surface area contributed by atoms with Crippen LogP contribution in [0.5, 0.6) is 0 Å². The zero-order valence-corrected chi connectivity index (χ0v) is 17.7. The Balaban J connectivity index is 1.81. The van der Waals surface area contributed by atoms with E-state index in [9.17, 15) is 0 Å². The van der Waals surface area contributed by atoms with Gasteiger partial charge in [0.15, 0.2) is 0 Å². The molecule has 1 aromatic carbocycles. The number of ether oxygens (including phenoxy) is 1. The third-order valence-corrected chi connectivity index (χ3v) is 6.25. The van der Waals surface area contributed by atoms with E-state index >= 15 is 0 Å². The maximum atomic E-state index is 6.55. The minimum Gasteiger partial charge on any atom is -0.375 e. The second-order valence-electron chi connectivity index (χ2n) is 6.66. The van der Waals surface area contributed by atoms with Gasteiger partial charge in [0.1, 0.15) is 5.65 Å². The van der Waals surface area contributed by atoms with Gasteiger partial charge in [0.2, 0.25) is 0 Å². The van der Waals surface area contributed by atoms with Crippen LogP contribution in [0.4, 0.5) is 0 Å². The van der Waals surface area contributed by atoms with Gasteiger partial charge in [-0.15, -0.1) is 0 Å². The van der Waals surface area contributed by atoms with E-state index in [4.69, 9.17) is 43.6 Å². The molecule has 0 radical (unpaired) electrons. The number of nitrogens with zero attached hydrogens (tertiary/aromatic N) is 3. The Hall–Kier alpha value is -0.950. The number of morpholine rings is 1. The predicted octanol–water partition coefficient (Wildman–Crippen LogP) is 5.43. The molecular weight excluding hydrogens is 425 g/mol. The van der Waals surface area contributed by atoms with Crippen LogP contribution in [0.1, 0.15) is 5.69 Å². The quantitative estimate of drug-likeness (QED) is 0.539. The molecule has 4 rings (SSSR count). The molecule has 3 heterocycles. The Morgan fingerprint density at radius 1 is 1.26 bits per heavy atom. The molecule has 0 amide bonds. The number of pyridine rings is 1. The minimum atomic E-state index is 0.106. The normalized spacial score (nSPS) is 18.3. The van der Waals surface area contributed by atoms with Crippen LogP contribution < -0.4 is 0 Å². The lowest BCUT2D eigenvalue weighted by Crippen LogP contribution is -2.41. The first kappa shape index (κ1) is 19.4. The third-order valence-electron chi connectivity index (χ3n) is 4.73. The fourth-order valence-electron chi connectivity index (χ4n) is 3.42. The molecule has 0 saturated carbocycles. The summed E-state index contributed by atoms with van der Waals surface area (Å²) in [5, 5.41) is 1.28. The predicted molar refractivity (Wildman–Crippen MR) is 113 cm³/mol. The van der Waals surface area contributed by atoms with Crippen molar-refractivity contribution < 1.29 is 4.74 Å². The molecule has 2 aromatic heterocycles. The molecule has 142 valence electrons. The zero-order valence-electron chi connectivity index (χ0n) is 14.7. The average Bonchev–Trinajstić information content (AvgIpc) is 2.98. The SMILES string of the molecule is CN1CCOC(Cc2c(-c3ccc(SCl)cc3Cl)nc3cc(Cl)ccn23)C1. The van der Waals surface area contributed by atoms with Gasteiger partial charge >= 0.3 is 0 Å². The monoisotopic (exact) mass is 441 g/mol. The Bertz CT molecular complexity index is 978. The smallest absolute Gasteiger partial charge is 0.139 e. The standard InChI is InChI=1S/C19H18Cl3N3OS/c1-24-6-7-26-13(11-24)9-17-19(15-3-2-14(27-22)10-16(15)21)23-18-8-12(20)4-5-25(17)18/h2-5,8,10,13H,6-7,9,11H2,1H3. The van der Waals surface area contributed by atoms with Crippen molar-refractivity contribution in [1.29, 1.82) is 0 Å². The molecule has 1 saturated heterocycles. The van der Waals surface area contributed by atoms with E-state index in [0.717, 1.165) is 64.6 Å². The van der Waals surface area contributed by atoms with Crippen LogP contribution in [0.3, 0.4) is 0 Å². The number of aromatic nitrogens is 2. The van der Waals surface area contributed by atoms with Crippen molar-refractivity contribution in [2.45, 2.75) is 17.4 Å². The third kappa shape index (κ3) is 4.09. The number of rotatable bonds is 4. The van der Waals surface area contributed by atoms with E-state index in [2.05, 4.69) is 16.3 Å². The van der Waals surface area contributed by atoms with Crippen molar-refractivity contribution in [2.24, 2.45) is 0 Å². The summed E-state index contributed by atoms with van der Waals surface area (Å²) in [5.74, 6) is 0. The Labute approximate surface area is 176 Å². The number of hydrogen-bond acceptors (Lipinski definition) is 4. The van der Waals surface area contributed by atoms with Crippen LogP contribution in [-0.2, 0) is 11.2 Å². The molecule has 0 bridgehead atoms. The zero-order chi connectivity index (χ0) is 19.0. The van der Waals surface area contributed by atoms with Crippen molar-refractivity contribution in [3.63, 3.8) is 0 Å². The van der Waals surface area contributed by atoms with Crippen LogP contribution in [0.2, 0.25) is 10.0 Å². The van der Waals surface area contributed by atoms with E-state index < -0.39 is 0 Å². The molecule has 27 heavy (non-hydrogen) atoms. The molecule has 8 heteroatoms. The first-order valence-corrected chi connectivity index (χ1v) is 11.0. The van der Waals surface area contributed by atoms with Crippen LogP contribution in [0.25, 0.3) is 16.9 Å². The highest BCUT2D eigenvalue weighted by molar-refractivity contribution is 8.21. The van der Waals surface area contributed by atoms with Crippen molar-refractivity contribution in [1.82, 2.24) is 14.3 Å². The summed E-state index contributed by atoms with van der Waals surface area (Å²) in [4.78, 5) is 8.01. The molecule has 1 atom stereocenters. The number of halogens is 3. The summed E-state index contributed by atoms with van der Waals surface area (Å²) in [6.45, 7) is 2.58. The lowest BCUT2D eigenvalue weighted by molar-refractivity contribution is -0.0190. The topological polar surface area (TPSA) is 29.8 Å². The van der Waals surface area contributed by atoms with E-state index in [0.29, 0.717) is 10.0 Å². The summed E-state index contributed by atoms with van der Waals surface area (Å²) in [5.41, 5.74) is 3.59. The first-order valence-electron chi connectivity index (χ1n) is 8.60. The maximum absolute atomic E-state index is 6.55. The van der Waals surface area contributed by atoms with E-state index in [1.165, 1.54) is 0 Å². The number of likely N-dealkylation sites (N-methyl/N-ethyl adjacent to an activating group) is 1. The molecule has 0 spiro atoms. The summed E-state index contributed by atoms with van der Waals surface area (Å²) in [6.07, 6.45) is 2.80. The molecule has 4 nitrogen and oxygen atoms in total. The molecule has 1 unspecified atom stereocenters. The van der Waals surface area contributed by atoms with E-state index in [-0.39, 0.29) is 6.10 Å². The van der Waals surface area contributed by atoms with Gasteiger partial charge in [-0.05, 0) is 46.9 Å². The molecule has 3 aromatic rings. The minimum absolute atomic E-state index is 0.106. The lowest BCUT2D eigenvalue weighted by Gasteiger charge is -2.30. The highest BCUT2D eigenvalue weighted by Gasteiger charge is 2.24.